The first kappa shape index (κ1) is 17.0. The molecule has 0 aliphatic carbocycles. The fourth-order valence-corrected chi connectivity index (χ4v) is 3.32. The van der Waals surface area contributed by atoms with Crippen LogP contribution in [0.25, 0.3) is 10.9 Å². The number of aromatic nitrogens is 1. The SMILES string of the molecule is O=C(NO)c1ccc(N2CCN(Cc3ccnc4ccccc34)C2=O)cc1. The van der Waals surface area contributed by atoms with E-state index >= 15 is 0 Å². The van der Waals surface area contributed by atoms with Gasteiger partial charge in [0.2, 0.25) is 0 Å². The Bertz CT molecular complexity index is 998. The van der Waals surface area contributed by atoms with E-state index in [1.165, 1.54) is 0 Å². The second-order valence-corrected chi connectivity index (χ2v) is 6.33. The summed E-state index contributed by atoms with van der Waals surface area (Å²) in [5, 5.41) is 9.73. The summed E-state index contributed by atoms with van der Waals surface area (Å²) in [4.78, 5) is 32.1. The fourth-order valence-electron chi connectivity index (χ4n) is 3.32. The number of pyridine rings is 1. The Balaban J connectivity index is 1.52. The molecule has 2 heterocycles. The Morgan fingerprint density at radius 2 is 1.85 bits per heavy atom. The highest BCUT2D eigenvalue weighted by Crippen LogP contribution is 2.24. The third-order valence-corrected chi connectivity index (χ3v) is 4.74. The van der Waals surface area contributed by atoms with Gasteiger partial charge in [0, 0.05) is 42.5 Å². The van der Waals surface area contributed by atoms with E-state index in [1.807, 2.05) is 30.3 Å². The molecule has 0 atom stereocenters. The standard InChI is InChI=1S/C20H18N4O3/c25-19(22-27)14-5-7-16(8-6-14)24-12-11-23(20(24)26)13-15-9-10-21-18-4-2-1-3-17(15)18/h1-10,27H,11-13H2,(H,22,25). The van der Waals surface area contributed by atoms with Gasteiger partial charge in [-0.2, -0.15) is 0 Å². The number of hydroxylamine groups is 1. The molecule has 7 heteroatoms. The van der Waals surface area contributed by atoms with Crippen LogP contribution in [0, 0.1) is 0 Å². The smallest absolute Gasteiger partial charge is 0.318 e. The molecular formula is C20H18N4O3. The molecule has 4 rings (SSSR count). The highest BCUT2D eigenvalue weighted by atomic mass is 16.5. The minimum atomic E-state index is -0.583. The zero-order chi connectivity index (χ0) is 18.8. The van der Waals surface area contributed by atoms with Gasteiger partial charge in [-0.1, -0.05) is 18.2 Å². The van der Waals surface area contributed by atoms with Gasteiger partial charge >= 0.3 is 6.03 Å². The number of fused-ring (bicyclic) bond motifs is 1. The quantitative estimate of drug-likeness (QED) is 0.552. The third-order valence-electron chi connectivity index (χ3n) is 4.74. The number of anilines is 1. The molecule has 3 amide bonds. The Hall–Kier alpha value is -3.45. The fraction of sp³-hybridized carbons (Fsp3) is 0.150. The van der Waals surface area contributed by atoms with Crippen LogP contribution in [0.15, 0.2) is 60.8 Å². The third kappa shape index (κ3) is 3.20. The monoisotopic (exact) mass is 362 g/mol. The van der Waals surface area contributed by atoms with Crippen LogP contribution in [-0.4, -0.2) is 40.1 Å². The summed E-state index contributed by atoms with van der Waals surface area (Å²) in [7, 11) is 0. The first-order valence-electron chi connectivity index (χ1n) is 8.61. The van der Waals surface area contributed by atoms with Crippen molar-refractivity contribution in [2.45, 2.75) is 6.54 Å². The molecule has 136 valence electrons. The topological polar surface area (TPSA) is 85.8 Å². The molecule has 2 N–H and O–H groups in total. The summed E-state index contributed by atoms with van der Waals surface area (Å²) in [6.45, 7) is 1.71. The lowest BCUT2D eigenvalue weighted by Crippen LogP contribution is -2.31. The van der Waals surface area contributed by atoms with Gasteiger partial charge in [-0.15, -0.1) is 0 Å². The van der Waals surface area contributed by atoms with Crippen LogP contribution < -0.4 is 10.4 Å². The molecule has 3 aromatic rings. The van der Waals surface area contributed by atoms with E-state index in [9.17, 15) is 9.59 Å². The number of nitrogens with one attached hydrogen (secondary N) is 1. The number of benzene rings is 2. The van der Waals surface area contributed by atoms with Gasteiger partial charge < -0.3 is 4.90 Å². The van der Waals surface area contributed by atoms with E-state index in [0.29, 0.717) is 25.2 Å². The predicted molar refractivity (Wildman–Crippen MR) is 101 cm³/mol. The molecule has 1 saturated heterocycles. The van der Waals surface area contributed by atoms with Crippen molar-refractivity contribution in [2.24, 2.45) is 0 Å². The van der Waals surface area contributed by atoms with E-state index in [1.54, 1.807) is 45.7 Å². The van der Waals surface area contributed by atoms with E-state index in [4.69, 9.17) is 5.21 Å². The summed E-state index contributed by atoms with van der Waals surface area (Å²) in [6, 6.07) is 16.3. The molecule has 0 radical (unpaired) electrons. The number of rotatable bonds is 4. The Morgan fingerprint density at radius 1 is 1.07 bits per heavy atom. The van der Waals surface area contributed by atoms with Crippen molar-refractivity contribution < 1.29 is 14.8 Å². The molecule has 0 spiro atoms. The maximum absolute atomic E-state index is 12.8. The molecule has 27 heavy (non-hydrogen) atoms. The van der Waals surface area contributed by atoms with Gasteiger partial charge in [0.25, 0.3) is 5.91 Å². The molecule has 0 saturated carbocycles. The molecule has 1 fully saturated rings. The van der Waals surface area contributed by atoms with Gasteiger partial charge in [0.15, 0.2) is 0 Å². The average Bonchev–Trinajstić information content (AvgIpc) is 3.08. The number of carbonyl (C=O) groups excluding carboxylic acids is 2. The number of urea groups is 1. The lowest BCUT2D eigenvalue weighted by molar-refractivity contribution is 0.0706. The van der Waals surface area contributed by atoms with Crippen LogP contribution in [0.3, 0.4) is 0 Å². The van der Waals surface area contributed by atoms with Crippen molar-refractivity contribution in [1.29, 1.82) is 0 Å². The van der Waals surface area contributed by atoms with Crippen molar-refractivity contribution in [2.75, 3.05) is 18.0 Å². The van der Waals surface area contributed by atoms with Crippen LogP contribution >= 0.6 is 0 Å². The van der Waals surface area contributed by atoms with Gasteiger partial charge in [-0.25, -0.2) is 10.3 Å². The first-order chi connectivity index (χ1) is 13.2. The Labute approximate surface area is 155 Å². The van der Waals surface area contributed by atoms with Crippen LogP contribution in [0.2, 0.25) is 0 Å². The summed E-state index contributed by atoms with van der Waals surface area (Å²) < 4.78 is 0. The Morgan fingerprint density at radius 3 is 2.63 bits per heavy atom. The predicted octanol–water partition coefficient (Wildman–Crippen LogP) is 2.80. The van der Waals surface area contributed by atoms with Crippen LogP contribution in [0.4, 0.5) is 10.5 Å². The number of nitrogens with zero attached hydrogens (tertiary/aromatic N) is 3. The maximum Gasteiger partial charge on any atom is 0.324 e. The van der Waals surface area contributed by atoms with Crippen molar-refractivity contribution in [1.82, 2.24) is 15.4 Å². The van der Waals surface area contributed by atoms with Crippen LogP contribution in [0.5, 0.6) is 0 Å². The van der Waals surface area contributed by atoms with Gasteiger partial charge in [0.1, 0.15) is 0 Å². The number of amides is 3. The molecule has 0 bridgehead atoms. The van der Waals surface area contributed by atoms with Crippen molar-refractivity contribution in [3.05, 3.63) is 71.9 Å². The van der Waals surface area contributed by atoms with Crippen molar-refractivity contribution in [3.63, 3.8) is 0 Å². The van der Waals surface area contributed by atoms with E-state index in [2.05, 4.69) is 4.98 Å². The molecular weight excluding hydrogens is 344 g/mol. The lowest BCUT2D eigenvalue weighted by atomic mass is 10.1. The minimum absolute atomic E-state index is 0.0738. The number of para-hydroxylation sites is 1. The summed E-state index contributed by atoms with van der Waals surface area (Å²) >= 11 is 0. The summed E-state index contributed by atoms with van der Waals surface area (Å²) in [6.07, 6.45) is 1.76. The maximum atomic E-state index is 12.8. The molecule has 1 aliphatic rings. The number of carbonyl (C=O) groups is 2. The summed E-state index contributed by atoms with van der Waals surface area (Å²) in [5.41, 5.74) is 4.62. The zero-order valence-electron chi connectivity index (χ0n) is 14.5. The number of hydrogen-bond donors (Lipinski definition) is 2. The lowest BCUT2D eigenvalue weighted by Gasteiger charge is -2.19. The molecule has 0 unspecified atom stereocenters. The van der Waals surface area contributed by atoms with E-state index < -0.39 is 5.91 Å². The van der Waals surface area contributed by atoms with Crippen molar-refractivity contribution in [3.8, 4) is 0 Å². The molecule has 2 aromatic carbocycles. The zero-order valence-corrected chi connectivity index (χ0v) is 14.5. The van der Waals surface area contributed by atoms with Crippen molar-refractivity contribution >= 4 is 28.5 Å². The Kier molecular flexibility index (Phi) is 4.43. The molecule has 1 aromatic heterocycles. The molecule has 7 nitrogen and oxygen atoms in total. The molecule has 1 aliphatic heterocycles. The van der Waals surface area contributed by atoms with Gasteiger partial charge in [-0.05, 0) is 42.0 Å². The van der Waals surface area contributed by atoms with Crippen LogP contribution in [0.1, 0.15) is 15.9 Å². The second-order valence-electron chi connectivity index (χ2n) is 6.33. The minimum Gasteiger partial charge on any atom is -0.318 e. The highest BCUT2D eigenvalue weighted by molar-refractivity contribution is 5.96. The summed E-state index contributed by atoms with van der Waals surface area (Å²) in [5.74, 6) is -0.583. The van der Waals surface area contributed by atoms with E-state index in [-0.39, 0.29) is 6.03 Å². The largest absolute Gasteiger partial charge is 0.324 e. The second kappa shape index (κ2) is 7.05. The van der Waals surface area contributed by atoms with Crippen LogP contribution in [-0.2, 0) is 6.54 Å². The number of hydrogen-bond acceptors (Lipinski definition) is 4. The van der Waals surface area contributed by atoms with E-state index in [0.717, 1.165) is 22.2 Å². The first-order valence-corrected chi connectivity index (χ1v) is 8.61. The average molecular weight is 362 g/mol. The van der Waals surface area contributed by atoms with Gasteiger partial charge in [-0.3, -0.25) is 19.9 Å². The highest BCUT2D eigenvalue weighted by Gasteiger charge is 2.29. The normalized spacial score (nSPS) is 14.0. The van der Waals surface area contributed by atoms with Gasteiger partial charge in [0.05, 0.1) is 5.52 Å².